The summed E-state index contributed by atoms with van der Waals surface area (Å²) in [5, 5.41) is 12.4. The number of hydrogen-bond acceptors (Lipinski definition) is 3. The number of nitrogens with one attached hydrogen (secondary N) is 1. The van der Waals surface area contributed by atoms with Gasteiger partial charge in [-0.25, -0.2) is 0 Å². The SMILES string of the molecule is CCc1cccc(OCC(=O)NCC2CCC(O)CC2)c1. The predicted molar refractivity (Wildman–Crippen MR) is 82.3 cm³/mol. The van der Waals surface area contributed by atoms with Crippen LogP contribution in [0.5, 0.6) is 5.75 Å². The number of benzene rings is 1. The normalized spacial score (nSPS) is 21.8. The fraction of sp³-hybridized carbons (Fsp3) is 0.588. The largest absolute Gasteiger partial charge is 0.484 e. The molecule has 0 heterocycles. The third-order valence-electron chi connectivity index (χ3n) is 4.08. The molecule has 0 spiro atoms. The van der Waals surface area contributed by atoms with Crippen molar-refractivity contribution in [2.45, 2.75) is 45.1 Å². The lowest BCUT2D eigenvalue weighted by Gasteiger charge is -2.25. The highest BCUT2D eigenvalue weighted by Crippen LogP contribution is 2.23. The number of amides is 1. The number of aliphatic hydroxyl groups excluding tert-OH is 1. The topological polar surface area (TPSA) is 58.6 Å². The maximum Gasteiger partial charge on any atom is 0.257 e. The van der Waals surface area contributed by atoms with Gasteiger partial charge in [-0.2, -0.15) is 0 Å². The van der Waals surface area contributed by atoms with Crippen LogP contribution >= 0.6 is 0 Å². The molecule has 0 atom stereocenters. The van der Waals surface area contributed by atoms with Crippen LogP contribution in [0.25, 0.3) is 0 Å². The van der Waals surface area contributed by atoms with E-state index in [9.17, 15) is 9.90 Å². The van der Waals surface area contributed by atoms with E-state index in [1.807, 2.05) is 24.3 Å². The first-order valence-corrected chi connectivity index (χ1v) is 7.84. The number of carbonyl (C=O) groups excluding carboxylic acids is 1. The van der Waals surface area contributed by atoms with E-state index in [2.05, 4.69) is 12.2 Å². The molecule has 1 aromatic carbocycles. The van der Waals surface area contributed by atoms with Gasteiger partial charge in [-0.1, -0.05) is 19.1 Å². The van der Waals surface area contributed by atoms with Gasteiger partial charge in [0.25, 0.3) is 5.91 Å². The van der Waals surface area contributed by atoms with E-state index in [-0.39, 0.29) is 18.6 Å². The molecular weight excluding hydrogens is 266 g/mol. The Bertz CT molecular complexity index is 453. The molecule has 0 radical (unpaired) electrons. The Hall–Kier alpha value is -1.55. The van der Waals surface area contributed by atoms with Gasteiger partial charge >= 0.3 is 0 Å². The van der Waals surface area contributed by atoms with Crippen LogP contribution in [0.15, 0.2) is 24.3 Å². The average molecular weight is 291 g/mol. The molecule has 0 bridgehead atoms. The van der Waals surface area contributed by atoms with Crippen LogP contribution in [0.2, 0.25) is 0 Å². The quantitative estimate of drug-likeness (QED) is 0.845. The molecule has 0 unspecified atom stereocenters. The maximum absolute atomic E-state index is 11.8. The van der Waals surface area contributed by atoms with Crippen molar-refractivity contribution < 1.29 is 14.6 Å². The number of carbonyl (C=O) groups is 1. The van der Waals surface area contributed by atoms with Gasteiger partial charge in [-0.05, 0) is 55.7 Å². The molecule has 1 amide bonds. The summed E-state index contributed by atoms with van der Waals surface area (Å²) in [6.07, 6.45) is 4.48. The summed E-state index contributed by atoms with van der Waals surface area (Å²) in [4.78, 5) is 11.8. The summed E-state index contributed by atoms with van der Waals surface area (Å²) in [5.41, 5.74) is 1.20. The van der Waals surface area contributed by atoms with E-state index in [0.717, 1.165) is 37.9 Å². The van der Waals surface area contributed by atoms with Crippen molar-refractivity contribution in [3.8, 4) is 5.75 Å². The molecule has 4 heteroatoms. The van der Waals surface area contributed by atoms with E-state index in [1.165, 1.54) is 5.56 Å². The van der Waals surface area contributed by atoms with E-state index in [4.69, 9.17) is 4.74 Å². The highest BCUT2D eigenvalue weighted by molar-refractivity contribution is 5.77. The molecule has 1 aliphatic carbocycles. The second-order valence-electron chi connectivity index (χ2n) is 5.77. The summed E-state index contributed by atoms with van der Waals surface area (Å²) in [5.74, 6) is 1.15. The number of aryl methyl sites for hydroxylation is 1. The van der Waals surface area contributed by atoms with Crippen molar-refractivity contribution in [2.75, 3.05) is 13.2 Å². The lowest BCUT2D eigenvalue weighted by molar-refractivity contribution is -0.123. The molecule has 1 aromatic rings. The van der Waals surface area contributed by atoms with Gasteiger partial charge in [0.2, 0.25) is 0 Å². The monoisotopic (exact) mass is 291 g/mol. The molecule has 0 saturated heterocycles. The van der Waals surface area contributed by atoms with Crippen molar-refractivity contribution in [1.29, 1.82) is 0 Å². The van der Waals surface area contributed by atoms with Gasteiger partial charge in [0, 0.05) is 6.54 Å². The molecule has 4 nitrogen and oxygen atoms in total. The van der Waals surface area contributed by atoms with Crippen LogP contribution in [-0.4, -0.2) is 30.3 Å². The smallest absolute Gasteiger partial charge is 0.257 e. The van der Waals surface area contributed by atoms with Crippen LogP contribution in [0.4, 0.5) is 0 Å². The van der Waals surface area contributed by atoms with Crippen molar-refractivity contribution >= 4 is 5.91 Å². The second-order valence-corrected chi connectivity index (χ2v) is 5.77. The number of rotatable bonds is 6. The van der Waals surface area contributed by atoms with Gasteiger partial charge < -0.3 is 15.2 Å². The number of ether oxygens (including phenoxy) is 1. The first-order chi connectivity index (χ1) is 10.2. The van der Waals surface area contributed by atoms with Crippen LogP contribution in [0.3, 0.4) is 0 Å². The van der Waals surface area contributed by atoms with Crippen molar-refractivity contribution in [3.05, 3.63) is 29.8 Å². The van der Waals surface area contributed by atoms with Crippen molar-refractivity contribution in [3.63, 3.8) is 0 Å². The van der Waals surface area contributed by atoms with Crippen LogP contribution in [0, 0.1) is 5.92 Å². The number of aliphatic hydroxyl groups is 1. The Morgan fingerprint density at radius 1 is 1.33 bits per heavy atom. The standard InChI is InChI=1S/C17H25NO3/c1-2-13-4-3-5-16(10-13)21-12-17(20)18-11-14-6-8-15(19)9-7-14/h3-5,10,14-15,19H,2,6-9,11-12H2,1H3,(H,18,20). The maximum atomic E-state index is 11.8. The Balaban J connectivity index is 1.67. The summed E-state index contributed by atoms with van der Waals surface area (Å²) in [6, 6.07) is 7.83. The van der Waals surface area contributed by atoms with E-state index in [1.54, 1.807) is 0 Å². The minimum atomic E-state index is -0.147. The summed E-state index contributed by atoms with van der Waals surface area (Å²) in [7, 11) is 0. The molecule has 1 saturated carbocycles. The van der Waals surface area contributed by atoms with E-state index < -0.39 is 0 Å². The zero-order valence-corrected chi connectivity index (χ0v) is 12.7. The molecule has 2 N–H and O–H groups in total. The van der Waals surface area contributed by atoms with Crippen molar-refractivity contribution in [1.82, 2.24) is 5.32 Å². The Morgan fingerprint density at radius 3 is 2.81 bits per heavy atom. The molecule has 1 aliphatic rings. The summed E-state index contributed by atoms with van der Waals surface area (Å²) >= 11 is 0. The molecule has 1 fully saturated rings. The zero-order chi connectivity index (χ0) is 15.1. The lowest BCUT2D eigenvalue weighted by atomic mass is 9.87. The molecular formula is C17H25NO3. The fourth-order valence-electron chi connectivity index (χ4n) is 2.66. The first-order valence-electron chi connectivity index (χ1n) is 7.84. The van der Waals surface area contributed by atoms with Crippen molar-refractivity contribution in [2.24, 2.45) is 5.92 Å². The lowest BCUT2D eigenvalue weighted by Crippen LogP contribution is -2.35. The molecule has 116 valence electrons. The zero-order valence-electron chi connectivity index (χ0n) is 12.7. The van der Waals surface area contributed by atoms with E-state index in [0.29, 0.717) is 12.5 Å². The highest BCUT2D eigenvalue weighted by Gasteiger charge is 2.19. The second kappa shape index (κ2) is 8.03. The van der Waals surface area contributed by atoms with E-state index >= 15 is 0 Å². The minimum Gasteiger partial charge on any atom is -0.484 e. The Kier molecular flexibility index (Phi) is 6.05. The first kappa shape index (κ1) is 15.8. The van der Waals surface area contributed by atoms with Gasteiger partial charge in [-0.3, -0.25) is 4.79 Å². The molecule has 0 aliphatic heterocycles. The average Bonchev–Trinajstić information content (AvgIpc) is 2.52. The summed E-state index contributed by atoms with van der Waals surface area (Å²) in [6.45, 7) is 2.83. The van der Waals surface area contributed by atoms with Gasteiger partial charge in [-0.15, -0.1) is 0 Å². The molecule has 2 rings (SSSR count). The van der Waals surface area contributed by atoms with Gasteiger partial charge in [0.05, 0.1) is 6.10 Å². The Labute approximate surface area is 126 Å². The Morgan fingerprint density at radius 2 is 2.10 bits per heavy atom. The fourth-order valence-corrected chi connectivity index (χ4v) is 2.66. The minimum absolute atomic E-state index is 0.0580. The third kappa shape index (κ3) is 5.38. The molecule has 21 heavy (non-hydrogen) atoms. The van der Waals surface area contributed by atoms with Gasteiger partial charge in [0.15, 0.2) is 6.61 Å². The molecule has 0 aromatic heterocycles. The van der Waals surface area contributed by atoms with Gasteiger partial charge in [0.1, 0.15) is 5.75 Å². The van der Waals surface area contributed by atoms with Crippen LogP contribution < -0.4 is 10.1 Å². The number of hydrogen-bond donors (Lipinski definition) is 2. The predicted octanol–water partition coefficient (Wildman–Crippen LogP) is 2.30. The van der Waals surface area contributed by atoms with Crippen LogP contribution in [-0.2, 0) is 11.2 Å². The summed E-state index contributed by atoms with van der Waals surface area (Å²) < 4.78 is 5.52. The highest BCUT2D eigenvalue weighted by atomic mass is 16.5. The third-order valence-corrected chi connectivity index (χ3v) is 4.08. The van der Waals surface area contributed by atoms with Crippen LogP contribution in [0.1, 0.15) is 38.2 Å².